The molecule has 34 heavy (non-hydrogen) atoms. The average Bonchev–Trinajstić information content (AvgIpc) is 2.74. The molecule has 0 fully saturated rings. The van der Waals surface area contributed by atoms with E-state index in [-0.39, 0.29) is 6.29 Å². The first kappa shape index (κ1) is 31.8. The van der Waals surface area contributed by atoms with Crippen LogP contribution in [0.5, 0.6) is 11.5 Å². The van der Waals surface area contributed by atoms with Crippen LogP contribution in [-0.2, 0) is 20.2 Å². The van der Waals surface area contributed by atoms with Gasteiger partial charge in [0, 0.05) is 6.42 Å². The van der Waals surface area contributed by atoms with Crippen molar-refractivity contribution in [3.05, 3.63) is 60.7 Å². The van der Waals surface area contributed by atoms with Crippen LogP contribution in [0.3, 0.4) is 0 Å². The van der Waals surface area contributed by atoms with E-state index in [0.717, 1.165) is 24.3 Å². The zero-order chi connectivity index (χ0) is 25.9. The van der Waals surface area contributed by atoms with Gasteiger partial charge in [0.25, 0.3) is 20.2 Å². The lowest BCUT2D eigenvalue weighted by Gasteiger charge is -2.20. The maximum Gasteiger partial charge on any atom is 0.267 e. The highest BCUT2D eigenvalue weighted by molar-refractivity contribution is 7.86. The van der Waals surface area contributed by atoms with Gasteiger partial charge in [0.15, 0.2) is 0 Å². The fraction of sp³-hybridized carbons (Fsp3) is 0.455. The molecule has 10 nitrogen and oxygen atoms in total. The normalized spacial score (nSPS) is 11.0. The van der Waals surface area contributed by atoms with E-state index < -0.39 is 45.0 Å². The predicted molar refractivity (Wildman–Crippen MR) is 129 cm³/mol. The summed E-state index contributed by atoms with van der Waals surface area (Å²) in [5.74, 6) is 0.551. The molecule has 4 N–H and O–H groups in total. The number of aliphatic hydroxyl groups excluding tert-OH is 2. The number of aliphatic hydroxyl groups is 2. The number of rotatable bonds is 12. The minimum absolute atomic E-state index is 0.230. The van der Waals surface area contributed by atoms with E-state index in [1.54, 1.807) is 0 Å². The Balaban J connectivity index is 0.000000642. The predicted octanol–water partition coefficient (Wildman–Crippen LogP) is 2.78. The van der Waals surface area contributed by atoms with E-state index in [0.29, 0.717) is 0 Å². The van der Waals surface area contributed by atoms with Crippen LogP contribution in [0.1, 0.15) is 32.6 Å². The first-order chi connectivity index (χ1) is 16.0. The third-order valence-corrected chi connectivity index (χ3v) is 5.16. The molecule has 2 rings (SSSR count). The van der Waals surface area contributed by atoms with Gasteiger partial charge in [-0.15, -0.1) is 0 Å². The van der Waals surface area contributed by atoms with Crippen LogP contribution in [-0.4, -0.2) is 67.2 Å². The summed E-state index contributed by atoms with van der Waals surface area (Å²) in [6.45, 7) is 1.14. The summed E-state index contributed by atoms with van der Waals surface area (Å²) in [5.41, 5.74) is 0. The zero-order valence-corrected chi connectivity index (χ0v) is 20.7. The molecular weight excluding hydrogens is 488 g/mol. The number of unbranched alkanes of at least 4 members (excludes halogenated alkanes) is 2. The second kappa shape index (κ2) is 18.2. The highest BCUT2D eigenvalue weighted by Crippen LogP contribution is 2.19. The molecule has 0 atom stereocenters. The third kappa shape index (κ3) is 20.4. The van der Waals surface area contributed by atoms with Gasteiger partial charge in [0.1, 0.15) is 11.5 Å². The summed E-state index contributed by atoms with van der Waals surface area (Å²) < 4.78 is 66.1. The minimum Gasteiger partial charge on any atom is -0.455 e. The Labute approximate surface area is 201 Å². The molecule has 0 saturated heterocycles. The summed E-state index contributed by atoms with van der Waals surface area (Å²) in [6.07, 6.45) is 4.18. The number of para-hydroxylation sites is 2. The lowest BCUT2D eigenvalue weighted by Crippen LogP contribution is -2.23. The zero-order valence-electron chi connectivity index (χ0n) is 19.1. The van der Waals surface area contributed by atoms with E-state index >= 15 is 0 Å². The summed E-state index contributed by atoms with van der Waals surface area (Å²) >= 11 is 0. The maximum atomic E-state index is 9.63. The molecule has 0 saturated carbocycles. The number of ether oxygens (including phenoxy) is 2. The number of benzene rings is 2. The third-order valence-electron chi connectivity index (χ3n) is 3.76. The molecule has 2 aromatic rings. The molecule has 0 spiro atoms. The van der Waals surface area contributed by atoms with Gasteiger partial charge in [0.05, 0.1) is 24.7 Å². The van der Waals surface area contributed by atoms with Crippen LogP contribution >= 0.6 is 0 Å². The monoisotopic (exact) mass is 522 g/mol. The molecule has 0 aromatic heterocycles. The number of hydrogen-bond acceptors (Lipinski definition) is 8. The highest BCUT2D eigenvalue weighted by Gasteiger charge is 2.12. The Morgan fingerprint density at radius 3 is 1.35 bits per heavy atom. The lowest BCUT2D eigenvalue weighted by molar-refractivity contribution is -0.00237. The van der Waals surface area contributed by atoms with Gasteiger partial charge < -0.3 is 19.7 Å². The van der Waals surface area contributed by atoms with E-state index in [9.17, 15) is 16.8 Å². The van der Waals surface area contributed by atoms with Gasteiger partial charge in [0.2, 0.25) is 6.29 Å². The van der Waals surface area contributed by atoms with Crippen LogP contribution in [0.25, 0.3) is 0 Å². The molecule has 0 aliphatic heterocycles. The van der Waals surface area contributed by atoms with Gasteiger partial charge in [-0.2, -0.15) is 16.8 Å². The maximum absolute atomic E-state index is 9.63. The SMILES string of the molecule is CCCCCC(Oc1ccccc1)Oc1ccccc1.O=S(=O)(O)CCO.O=S(=O)(O)CCO. The van der Waals surface area contributed by atoms with Crippen molar-refractivity contribution < 1.29 is 45.6 Å². The fourth-order valence-electron chi connectivity index (χ4n) is 2.24. The molecule has 12 heteroatoms. The summed E-state index contributed by atoms with van der Waals surface area (Å²) in [5, 5.41) is 15.7. The van der Waals surface area contributed by atoms with Crippen molar-refractivity contribution in [2.45, 2.75) is 38.9 Å². The average molecular weight is 523 g/mol. The van der Waals surface area contributed by atoms with Crippen molar-refractivity contribution in [1.29, 1.82) is 0 Å². The summed E-state index contributed by atoms with van der Waals surface area (Å²) in [6, 6.07) is 19.7. The van der Waals surface area contributed by atoms with Crippen molar-refractivity contribution in [3.63, 3.8) is 0 Å². The van der Waals surface area contributed by atoms with Crippen LogP contribution < -0.4 is 9.47 Å². The molecule has 0 amide bonds. The van der Waals surface area contributed by atoms with Gasteiger partial charge in [-0.05, 0) is 30.7 Å². The van der Waals surface area contributed by atoms with Crippen LogP contribution in [0, 0.1) is 0 Å². The van der Waals surface area contributed by atoms with Crippen molar-refractivity contribution in [2.24, 2.45) is 0 Å². The van der Waals surface area contributed by atoms with Crippen LogP contribution in [0.4, 0.5) is 0 Å². The molecule has 2 aromatic carbocycles. The van der Waals surface area contributed by atoms with Crippen molar-refractivity contribution in [3.8, 4) is 11.5 Å². The molecule has 0 heterocycles. The molecule has 0 aliphatic carbocycles. The molecule has 0 bridgehead atoms. The van der Waals surface area contributed by atoms with Crippen molar-refractivity contribution in [2.75, 3.05) is 24.7 Å². The van der Waals surface area contributed by atoms with Crippen LogP contribution in [0.2, 0.25) is 0 Å². The van der Waals surface area contributed by atoms with E-state index in [2.05, 4.69) is 6.92 Å². The van der Waals surface area contributed by atoms with Crippen molar-refractivity contribution in [1.82, 2.24) is 0 Å². The van der Waals surface area contributed by atoms with Gasteiger partial charge in [-0.1, -0.05) is 56.2 Å². The Kier molecular flexibility index (Phi) is 17.0. The molecular formula is C22H34O10S2. The highest BCUT2D eigenvalue weighted by atomic mass is 32.2. The first-order valence-corrected chi connectivity index (χ1v) is 13.8. The molecule has 0 unspecified atom stereocenters. The van der Waals surface area contributed by atoms with E-state index in [4.69, 9.17) is 28.8 Å². The minimum atomic E-state index is -3.92. The van der Waals surface area contributed by atoms with Gasteiger partial charge in [-0.25, -0.2) is 0 Å². The Morgan fingerprint density at radius 2 is 1.09 bits per heavy atom. The van der Waals surface area contributed by atoms with E-state index in [1.807, 2.05) is 60.7 Å². The summed E-state index contributed by atoms with van der Waals surface area (Å²) in [7, 11) is -7.85. The topological polar surface area (TPSA) is 168 Å². The smallest absolute Gasteiger partial charge is 0.267 e. The summed E-state index contributed by atoms with van der Waals surface area (Å²) in [4.78, 5) is 0. The lowest BCUT2D eigenvalue weighted by atomic mass is 10.2. The standard InChI is InChI=1S/C18H22O2.2C2H6O4S/c1-2-3-6-15-18(19-16-11-7-4-8-12-16)20-17-13-9-5-10-14-17;2*3-1-2-7(4,5)6/h4-5,7-14,18H,2-3,6,15H2,1H3;2*3H,1-2H2,(H,4,5,6). The number of hydrogen-bond donors (Lipinski definition) is 4. The van der Waals surface area contributed by atoms with E-state index in [1.165, 1.54) is 12.8 Å². The molecule has 194 valence electrons. The fourth-order valence-corrected chi connectivity index (χ4v) is 2.70. The van der Waals surface area contributed by atoms with Gasteiger partial charge in [-0.3, -0.25) is 9.11 Å². The van der Waals surface area contributed by atoms with Crippen molar-refractivity contribution >= 4 is 20.2 Å². The quantitative estimate of drug-likeness (QED) is 0.185. The first-order valence-electron chi connectivity index (χ1n) is 10.6. The Bertz CT molecular complexity index is 874. The Hall–Kier alpha value is -2.22. The molecule has 0 radical (unpaired) electrons. The largest absolute Gasteiger partial charge is 0.455 e. The van der Waals surface area contributed by atoms with Gasteiger partial charge >= 0.3 is 0 Å². The second-order valence-corrected chi connectivity index (χ2v) is 9.95. The van der Waals surface area contributed by atoms with Crippen LogP contribution in [0.15, 0.2) is 60.7 Å². The Morgan fingerprint density at radius 1 is 0.706 bits per heavy atom. The second-order valence-electron chi connectivity index (χ2n) is 6.81. The molecule has 0 aliphatic rings.